The average molecular weight is 294 g/mol. The first-order valence-electron chi connectivity index (χ1n) is 8.24. The third-order valence-electron chi connectivity index (χ3n) is 4.06. The summed E-state index contributed by atoms with van der Waals surface area (Å²) in [7, 11) is 0. The van der Waals surface area contributed by atoms with E-state index in [0.717, 1.165) is 24.4 Å². The molecule has 0 aliphatic carbocycles. The van der Waals surface area contributed by atoms with Crippen LogP contribution in [0.15, 0.2) is 29.6 Å². The number of hydrogen-bond acceptors (Lipinski definition) is 3. The van der Waals surface area contributed by atoms with Gasteiger partial charge in [-0.1, -0.05) is 71.7 Å². The maximum Gasteiger partial charge on any atom is 0.0661 e. The predicted octanol–water partition coefficient (Wildman–Crippen LogP) is 5.13. The van der Waals surface area contributed by atoms with Crippen LogP contribution in [-0.2, 0) is 0 Å². The summed E-state index contributed by atoms with van der Waals surface area (Å²) in [4.78, 5) is 0. The molecule has 122 valence electrons. The minimum absolute atomic E-state index is 0.250. The van der Waals surface area contributed by atoms with E-state index in [-0.39, 0.29) is 5.41 Å². The van der Waals surface area contributed by atoms with Gasteiger partial charge in [-0.2, -0.15) is 0 Å². The van der Waals surface area contributed by atoms with Gasteiger partial charge in [0.2, 0.25) is 0 Å². The maximum atomic E-state index is 9.03. The summed E-state index contributed by atoms with van der Waals surface area (Å²) in [5, 5.41) is 15.8. The molecule has 0 aliphatic rings. The summed E-state index contributed by atoms with van der Waals surface area (Å²) in [6, 6.07) is 0. The van der Waals surface area contributed by atoms with E-state index in [1.54, 1.807) is 0 Å². The number of allylic oxidation sites excluding steroid dienone is 2. The Balaban J connectivity index is 4.39. The normalized spacial score (nSPS) is 14.4. The summed E-state index contributed by atoms with van der Waals surface area (Å²) in [5.74, 6) is 0.716. The lowest BCUT2D eigenvalue weighted by atomic mass is 9.85. The van der Waals surface area contributed by atoms with E-state index in [2.05, 4.69) is 30.9 Å². The van der Waals surface area contributed by atoms with Gasteiger partial charge in [-0.05, 0) is 24.8 Å². The number of nitrogens with zero attached hydrogens (tertiary/aromatic N) is 1. The van der Waals surface area contributed by atoms with Crippen LogP contribution >= 0.6 is 0 Å². The summed E-state index contributed by atoms with van der Waals surface area (Å²) < 4.78 is 0. The smallest absolute Gasteiger partial charge is 0.0661 e. The molecule has 0 rings (SSSR count). The van der Waals surface area contributed by atoms with Crippen LogP contribution in [0.4, 0.5) is 0 Å². The first-order valence-corrected chi connectivity index (χ1v) is 8.24. The summed E-state index contributed by atoms with van der Waals surface area (Å²) >= 11 is 0. The fraction of sp³-hybridized carbons (Fsp3) is 0.722. The van der Waals surface area contributed by atoms with Crippen molar-refractivity contribution in [1.82, 2.24) is 5.32 Å². The first kappa shape index (κ1) is 19.8. The molecule has 1 atom stereocenters. The molecule has 0 spiro atoms. The Labute approximate surface area is 131 Å². The highest BCUT2D eigenvalue weighted by atomic mass is 16.4. The van der Waals surface area contributed by atoms with Crippen molar-refractivity contribution in [3.05, 3.63) is 24.4 Å². The van der Waals surface area contributed by atoms with Gasteiger partial charge in [0.25, 0.3) is 0 Å². The number of oxime groups is 1. The van der Waals surface area contributed by atoms with Crippen molar-refractivity contribution in [2.75, 3.05) is 6.54 Å². The van der Waals surface area contributed by atoms with Gasteiger partial charge in [0.1, 0.15) is 0 Å². The third-order valence-corrected chi connectivity index (χ3v) is 4.06. The molecule has 0 aromatic rings. The summed E-state index contributed by atoms with van der Waals surface area (Å²) in [6.45, 7) is 15.6. The van der Waals surface area contributed by atoms with Crippen molar-refractivity contribution in [2.45, 2.75) is 66.7 Å². The molecule has 0 saturated carbocycles. The minimum Gasteiger partial charge on any atom is -0.411 e. The number of nitrogens with one attached hydrogen (secondary N) is 1. The molecule has 3 nitrogen and oxygen atoms in total. The number of rotatable bonds is 11. The Bertz CT molecular complexity index is 356. The first-order chi connectivity index (χ1) is 9.91. The van der Waals surface area contributed by atoms with E-state index in [1.165, 1.54) is 25.7 Å². The molecule has 0 fully saturated rings. The Morgan fingerprint density at radius 3 is 2.48 bits per heavy atom. The quantitative estimate of drug-likeness (QED) is 0.240. The molecule has 0 aromatic heterocycles. The van der Waals surface area contributed by atoms with Gasteiger partial charge in [0.05, 0.1) is 5.71 Å². The van der Waals surface area contributed by atoms with Gasteiger partial charge in [-0.25, -0.2) is 0 Å². The highest BCUT2D eigenvalue weighted by Gasteiger charge is 2.20. The fourth-order valence-electron chi connectivity index (χ4n) is 2.34. The van der Waals surface area contributed by atoms with Crippen LogP contribution in [0.1, 0.15) is 66.7 Å². The minimum atomic E-state index is -0.250. The average Bonchev–Trinajstić information content (AvgIpc) is 2.46. The zero-order chi connectivity index (χ0) is 16.3. The van der Waals surface area contributed by atoms with Gasteiger partial charge in [-0.3, -0.25) is 0 Å². The van der Waals surface area contributed by atoms with E-state index >= 15 is 0 Å². The highest BCUT2D eigenvalue weighted by molar-refractivity contribution is 5.90. The van der Waals surface area contributed by atoms with E-state index in [0.29, 0.717) is 5.92 Å². The van der Waals surface area contributed by atoms with Crippen molar-refractivity contribution in [3.63, 3.8) is 0 Å². The molecule has 1 unspecified atom stereocenters. The van der Waals surface area contributed by atoms with Gasteiger partial charge in [0.15, 0.2) is 0 Å². The van der Waals surface area contributed by atoms with E-state index in [1.807, 2.05) is 32.9 Å². The molecule has 0 aliphatic heterocycles. The predicted molar refractivity (Wildman–Crippen MR) is 92.9 cm³/mol. The largest absolute Gasteiger partial charge is 0.411 e. The monoisotopic (exact) mass is 294 g/mol. The zero-order valence-corrected chi connectivity index (χ0v) is 14.6. The van der Waals surface area contributed by atoms with E-state index in [9.17, 15) is 0 Å². The molecule has 0 radical (unpaired) electrons. The molecule has 0 bridgehead atoms. The maximum absolute atomic E-state index is 9.03. The SMILES string of the molecule is C=C(/C=C\C(C)(C)/C(CC)=N\O)NCC(CC)CCCC. The zero-order valence-electron chi connectivity index (χ0n) is 14.6. The lowest BCUT2D eigenvalue weighted by Crippen LogP contribution is -2.23. The van der Waals surface area contributed by atoms with Gasteiger partial charge < -0.3 is 10.5 Å². The van der Waals surface area contributed by atoms with Gasteiger partial charge in [0, 0.05) is 17.7 Å². The molecule has 2 N–H and O–H groups in total. The van der Waals surface area contributed by atoms with Crippen LogP contribution in [0.25, 0.3) is 0 Å². The molecule has 0 amide bonds. The molecule has 3 heteroatoms. The lowest BCUT2D eigenvalue weighted by molar-refractivity contribution is 0.311. The Kier molecular flexibility index (Phi) is 9.85. The number of hydrogen-bond donors (Lipinski definition) is 2. The highest BCUT2D eigenvalue weighted by Crippen LogP contribution is 2.22. The van der Waals surface area contributed by atoms with Crippen molar-refractivity contribution >= 4 is 5.71 Å². The fourth-order valence-corrected chi connectivity index (χ4v) is 2.34. The standard InChI is InChI=1S/C18H34N2O/c1-7-10-11-16(8-2)14-19-15(4)12-13-18(5,6)17(9-3)20-21/h12-13,16,19,21H,4,7-11,14H2,1-3,5-6H3/b13-12-,20-17-. The molecule has 0 heterocycles. The van der Waals surface area contributed by atoms with Crippen LogP contribution < -0.4 is 5.32 Å². The van der Waals surface area contributed by atoms with Crippen LogP contribution in [0.2, 0.25) is 0 Å². The van der Waals surface area contributed by atoms with E-state index < -0.39 is 0 Å². The number of unbranched alkanes of at least 4 members (excludes halogenated alkanes) is 1. The molecule has 0 saturated heterocycles. The summed E-state index contributed by atoms with van der Waals surface area (Å²) in [6.07, 6.45) is 9.81. The third kappa shape index (κ3) is 7.93. The van der Waals surface area contributed by atoms with E-state index in [4.69, 9.17) is 5.21 Å². The van der Waals surface area contributed by atoms with Crippen LogP contribution in [0, 0.1) is 11.3 Å². The Morgan fingerprint density at radius 2 is 2.00 bits per heavy atom. The topological polar surface area (TPSA) is 44.6 Å². The van der Waals surface area contributed by atoms with Gasteiger partial charge >= 0.3 is 0 Å². The van der Waals surface area contributed by atoms with Crippen LogP contribution in [0.5, 0.6) is 0 Å². The molecular weight excluding hydrogens is 260 g/mol. The molecular formula is C18H34N2O. The van der Waals surface area contributed by atoms with Crippen LogP contribution in [0.3, 0.4) is 0 Å². The summed E-state index contributed by atoms with van der Waals surface area (Å²) in [5.41, 5.74) is 1.45. The van der Waals surface area contributed by atoms with Crippen molar-refractivity contribution in [3.8, 4) is 0 Å². The molecule has 21 heavy (non-hydrogen) atoms. The van der Waals surface area contributed by atoms with Crippen molar-refractivity contribution in [1.29, 1.82) is 0 Å². The van der Waals surface area contributed by atoms with Crippen molar-refractivity contribution in [2.24, 2.45) is 16.5 Å². The second kappa shape index (κ2) is 10.5. The van der Waals surface area contributed by atoms with Crippen molar-refractivity contribution < 1.29 is 5.21 Å². The molecule has 0 aromatic carbocycles. The Morgan fingerprint density at radius 1 is 1.33 bits per heavy atom. The second-order valence-electron chi connectivity index (χ2n) is 6.28. The second-order valence-corrected chi connectivity index (χ2v) is 6.28. The lowest BCUT2D eigenvalue weighted by Gasteiger charge is -2.21. The van der Waals surface area contributed by atoms with Gasteiger partial charge in [-0.15, -0.1) is 0 Å². The van der Waals surface area contributed by atoms with Crippen LogP contribution in [-0.4, -0.2) is 17.5 Å². The Hall–Kier alpha value is -1.25.